The molecule has 0 spiro atoms. The first kappa shape index (κ1) is 16.2. The van der Waals surface area contributed by atoms with E-state index in [1.54, 1.807) is 41.5 Å². The summed E-state index contributed by atoms with van der Waals surface area (Å²) < 4.78 is 1.62. The minimum absolute atomic E-state index is 0.205. The fraction of sp³-hybridized carbons (Fsp3) is 0.0526. The van der Waals surface area contributed by atoms with E-state index in [0.717, 1.165) is 10.6 Å². The lowest BCUT2D eigenvalue weighted by Gasteiger charge is -2.09. The van der Waals surface area contributed by atoms with Crippen LogP contribution in [0, 0.1) is 6.92 Å². The van der Waals surface area contributed by atoms with Gasteiger partial charge in [-0.05, 0) is 25.1 Å². The Morgan fingerprint density at radius 2 is 1.92 bits per heavy atom. The monoisotopic (exact) mass is 361 g/mol. The van der Waals surface area contributed by atoms with Gasteiger partial charge in [0.05, 0.1) is 11.4 Å². The second-order valence-corrected chi connectivity index (χ2v) is 6.58. The van der Waals surface area contributed by atoms with Crippen LogP contribution < -0.4 is 5.32 Å². The smallest absolute Gasteiger partial charge is 0.267 e. The van der Waals surface area contributed by atoms with Crippen LogP contribution in [0.15, 0.2) is 67.1 Å². The van der Waals surface area contributed by atoms with E-state index in [9.17, 15) is 4.79 Å². The SMILES string of the molecule is Cc1nc(-c2ccccc2)sc1C(=O)Nc1cccnc1-n1cccn1. The van der Waals surface area contributed by atoms with Crippen LogP contribution in [-0.2, 0) is 0 Å². The van der Waals surface area contributed by atoms with Crippen molar-refractivity contribution < 1.29 is 4.79 Å². The predicted molar refractivity (Wildman–Crippen MR) is 102 cm³/mol. The Balaban J connectivity index is 1.63. The molecule has 3 heterocycles. The van der Waals surface area contributed by atoms with Crippen molar-refractivity contribution in [3.63, 3.8) is 0 Å². The molecule has 6 nitrogen and oxygen atoms in total. The van der Waals surface area contributed by atoms with Gasteiger partial charge in [0.15, 0.2) is 5.82 Å². The van der Waals surface area contributed by atoms with E-state index in [0.29, 0.717) is 22.1 Å². The van der Waals surface area contributed by atoms with Crippen molar-refractivity contribution in [2.75, 3.05) is 5.32 Å². The van der Waals surface area contributed by atoms with E-state index in [1.165, 1.54) is 11.3 Å². The third-order valence-corrected chi connectivity index (χ3v) is 4.99. The minimum atomic E-state index is -0.205. The van der Waals surface area contributed by atoms with Crippen molar-refractivity contribution in [3.05, 3.63) is 77.7 Å². The number of carbonyl (C=O) groups excluding carboxylic acids is 1. The Morgan fingerprint density at radius 1 is 1.08 bits per heavy atom. The third kappa shape index (κ3) is 3.12. The van der Waals surface area contributed by atoms with E-state index in [2.05, 4.69) is 20.4 Å². The number of nitrogens with one attached hydrogen (secondary N) is 1. The lowest BCUT2D eigenvalue weighted by Crippen LogP contribution is -2.14. The van der Waals surface area contributed by atoms with Gasteiger partial charge in [0, 0.05) is 24.2 Å². The highest BCUT2D eigenvalue weighted by Crippen LogP contribution is 2.28. The Labute approximate surface area is 154 Å². The van der Waals surface area contributed by atoms with E-state index in [4.69, 9.17) is 0 Å². The maximum atomic E-state index is 12.8. The highest BCUT2D eigenvalue weighted by atomic mass is 32.1. The molecule has 1 N–H and O–H groups in total. The average molecular weight is 361 g/mol. The number of benzene rings is 1. The molecular formula is C19H15N5OS. The molecule has 1 aromatic carbocycles. The van der Waals surface area contributed by atoms with E-state index in [-0.39, 0.29) is 5.91 Å². The summed E-state index contributed by atoms with van der Waals surface area (Å²) in [7, 11) is 0. The molecule has 0 radical (unpaired) electrons. The topological polar surface area (TPSA) is 72.7 Å². The molecule has 4 aromatic rings. The number of pyridine rings is 1. The normalized spacial score (nSPS) is 10.7. The molecule has 1 amide bonds. The first-order valence-corrected chi connectivity index (χ1v) is 8.83. The number of nitrogens with zero attached hydrogens (tertiary/aromatic N) is 4. The summed E-state index contributed by atoms with van der Waals surface area (Å²) >= 11 is 1.38. The first-order chi connectivity index (χ1) is 12.7. The van der Waals surface area contributed by atoms with E-state index in [1.807, 2.05) is 37.3 Å². The summed E-state index contributed by atoms with van der Waals surface area (Å²) in [5, 5.41) is 7.94. The molecule has 0 aliphatic heterocycles. The molecule has 0 saturated carbocycles. The molecule has 7 heteroatoms. The van der Waals surface area contributed by atoms with Crippen molar-refractivity contribution in [2.45, 2.75) is 6.92 Å². The molecule has 0 atom stereocenters. The maximum Gasteiger partial charge on any atom is 0.267 e. The second-order valence-electron chi connectivity index (χ2n) is 5.58. The number of carbonyl (C=O) groups is 1. The fourth-order valence-electron chi connectivity index (χ4n) is 2.56. The van der Waals surface area contributed by atoms with E-state index >= 15 is 0 Å². The number of aromatic nitrogens is 4. The largest absolute Gasteiger partial charge is 0.318 e. The summed E-state index contributed by atoms with van der Waals surface area (Å²) in [5.74, 6) is 0.361. The molecule has 0 unspecified atom stereocenters. The van der Waals surface area contributed by atoms with Gasteiger partial charge in [-0.2, -0.15) is 5.10 Å². The summed E-state index contributed by atoms with van der Waals surface area (Å²) in [6, 6.07) is 15.2. The van der Waals surface area contributed by atoms with Crippen LogP contribution in [0.25, 0.3) is 16.4 Å². The fourth-order valence-corrected chi connectivity index (χ4v) is 3.53. The maximum absolute atomic E-state index is 12.8. The Hall–Kier alpha value is -3.32. The van der Waals surface area contributed by atoms with Gasteiger partial charge in [-0.1, -0.05) is 30.3 Å². The van der Waals surface area contributed by atoms with Crippen LogP contribution in [0.4, 0.5) is 5.69 Å². The number of hydrogen-bond acceptors (Lipinski definition) is 5. The number of anilines is 1. The van der Waals surface area contributed by atoms with Crippen molar-refractivity contribution in [1.29, 1.82) is 0 Å². The molecule has 128 valence electrons. The zero-order valence-electron chi connectivity index (χ0n) is 14.0. The van der Waals surface area contributed by atoms with Crippen LogP contribution in [0.2, 0.25) is 0 Å². The van der Waals surface area contributed by atoms with Gasteiger partial charge in [0.1, 0.15) is 9.88 Å². The van der Waals surface area contributed by atoms with Gasteiger partial charge in [0.2, 0.25) is 0 Å². The molecule has 0 bridgehead atoms. The van der Waals surface area contributed by atoms with Crippen LogP contribution >= 0.6 is 11.3 Å². The summed E-state index contributed by atoms with van der Waals surface area (Å²) in [5.41, 5.74) is 2.30. The Morgan fingerprint density at radius 3 is 2.69 bits per heavy atom. The highest BCUT2D eigenvalue weighted by molar-refractivity contribution is 7.17. The number of amides is 1. The zero-order chi connectivity index (χ0) is 17.9. The van der Waals surface area contributed by atoms with Crippen molar-refractivity contribution in [2.24, 2.45) is 0 Å². The zero-order valence-corrected chi connectivity index (χ0v) is 14.8. The van der Waals surface area contributed by atoms with Gasteiger partial charge < -0.3 is 5.32 Å². The van der Waals surface area contributed by atoms with Gasteiger partial charge in [0.25, 0.3) is 5.91 Å². The Kier molecular flexibility index (Phi) is 4.28. The molecule has 3 aromatic heterocycles. The molecule has 4 rings (SSSR count). The second kappa shape index (κ2) is 6.89. The lowest BCUT2D eigenvalue weighted by molar-refractivity contribution is 0.102. The number of rotatable bonds is 4. The number of thiazole rings is 1. The summed E-state index contributed by atoms with van der Waals surface area (Å²) in [6.45, 7) is 1.84. The highest BCUT2D eigenvalue weighted by Gasteiger charge is 2.18. The average Bonchev–Trinajstić information content (AvgIpc) is 3.33. The van der Waals surface area contributed by atoms with Crippen LogP contribution in [0.3, 0.4) is 0 Å². The van der Waals surface area contributed by atoms with Crippen LogP contribution in [-0.4, -0.2) is 25.7 Å². The lowest BCUT2D eigenvalue weighted by atomic mass is 10.2. The van der Waals surface area contributed by atoms with Crippen molar-refractivity contribution in [3.8, 4) is 16.4 Å². The quantitative estimate of drug-likeness (QED) is 0.597. The van der Waals surface area contributed by atoms with E-state index < -0.39 is 0 Å². The first-order valence-electron chi connectivity index (χ1n) is 8.01. The van der Waals surface area contributed by atoms with Gasteiger partial charge in [-0.25, -0.2) is 14.6 Å². The van der Waals surface area contributed by atoms with Crippen molar-refractivity contribution in [1.82, 2.24) is 19.7 Å². The molecule has 0 fully saturated rings. The number of hydrogen-bond donors (Lipinski definition) is 1. The minimum Gasteiger partial charge on any atom is -0.318 e. The van der Waals surface area contributed by atoms with Crippen LogP contribution in [0.5, 0.6) is 0 Å². The predicted octanol–water partition coefficient (Wildman–Crippen LogP) is 3.95. The molecule has 0 aliphatic carbocycles. The van der Waals surface area contributed by atoms with Crippen LogP contribution in [0.1, 0.15) is 15.4 Å². The molecule has 26 heavy (non-hydrogen) atoms. The standard InChI is InChI=1S/C19H15N5OS/c1-13-16(26-19(22-13)14-7-3-2-4-8-14)18(25)23-15-9-5-10-20-17(15)24-12-6-11-21-24/h2-12H,1H3,(H,23,25). The Bertz CT molecular complexity index is 1040. The molecule has 0 saturated heterocycles. The van der Waals surface area contributed by atoms with Gasteiger partial charge in [-0.15, -0.1) is 11.3 Å². The number of aryl methyl sites for hydroxylation is 1. The summed E-state index contributed by atoms with van der Waals surface area (Å²) in [6.07, 6.45) is 5.11. The summed E-state index contributed by atoms with van der Waals surface area (Å²) in [4.78, 5) is 22.2. The van der Waals surface area contributed by atoms with Gasteiger partial charge >= 0.3 is 0 Å². The van der Waals surface area contributed by atoms with Gasteiger partial charge in [-0.3, -0.25) is 4.79 Å². The third-order valence-electron chi connectivity index (χ3n) is 3.78. The molecule has 0 aliphatic rings. The van der Waals surface area contributed by atoms with Crippen molar-refractivity contribution >= 4 is 22.9 Å². The molecular weight excluding hydrogens is 346 g/mol.